The van der Waals surface area contributed by atoms with Crippen molar-refractivity contribution in [2.24, 2.45) is 0 Å². The predicted molar refractivity (Wildman–Crippen MR) is 70.1 cm³/mol. The summed E-state index contributed by atoms with van der Waals surface area (Å²) < 4.78 is 14.7. The predicted octanol–water partition coefficient (Wildman–Crippen LogP) is 2.58. The summed E-state index contributed by atoms with van der Waals surface area (Å²) in [6.45, 7) is 1.91. The zero-order valence-corrected chi connectivity index (χ0v) is 10.3. The third-order valence-electron chi connectivity index (χ3n) is 2.61. The Bertz CT molecular complexity index is 809. The molecule has 0 aliphatic rings. The molecule has 3 aromatic rings. The van der Waals surface area contributed by atoms with E-state index in [-0.39, 0.29) is 5.82 Å². The summed E-state index contributed by atoms with van der Waals surface area (Å²) >= 11 is 0. The first-order valence-corrected chi connectivity index (χ1v) is 5.80. The minimum atomic E-state index is -0.289. The molecule has 0 unspecified atom stereocenters. The molecule has 0 aliphatic carbocycles. The van der Waals surface area contributed by atoms with Gasteiger partial charge in [0.15, 0.2) is 5.65 Å². The van der Waals surface area contributed by atoms with E-state index in [1.165, 1.54) is 12.1 Å². The third-order valence-corrected chi connectivity index (χ3v) is 2.61. The number of rotatable bonds is 0. The topological polar surface area (TPSA) is 30.2 Å². The van der Waals surface area contributed by atoms with Gasteiger partial charge in [-0.15, -0.1) is 0 Å². The lowest BCUT2D eigenvalue weighted by molar-refractivity contribution is 0.627. The van der Waals surface area contributed by atoms with E-state index in [0.29, 0.717) is 5.56 Å². The highest BCUT2D eigenvalue weighted by Crippen LogP contribution is 2.05. The van der Waals surface area contributed by atoms with Crippen LogP contribution in [0.1, 0.15) is 16.8 Å². The van der Waals surface area contributed by atoms with Gasteiger partial charge >= 0.3 is 0 Å². The highest BCUT2D eigenvalue weighted by Gasteiger charge is 1.98. The summed E-state index contributed by atoms with van der Waals surface area (Å²) in [5.74, 6) is 5.56. The molecule has 19 heavy (non-hydrogen) atoms. The van der Waals surface area contributed by atoms with E-state index in [4.69, 9.17) is 0 Å². The minimum Gasteiger partial charge on any atom is -0.236 e. The number of halogens is 1. The van der Waals surface area contributed by atoms with Gasteiger partial charge in [-0.05, 0) is 25.1 Å². The second-order valence-electron chi connectivity index (χ2n) is 4.19. The highest BCUT2D eigenvalue weighted by molar-refractivity contribution is 5.45. The fourth-order valence-corrected chi connectivity index (χ4v) is 1.77. The molecule has 0 spiro atoms. The van der Waals surface area contributed by atoms with Gasteiger partial charge in [0, 0.05) is 24.0 Å². The van der Waals surface area contributed by atoms with Crippen LogP contribution in [0.15, 0.2) is 42.7 Å². The molecule has 0 aliphatic heterocycles. The molecule has 1 aromatic carbocycles. The monoisotopic (exact) mass is 251 g/mol. The number of fused-ring (bicyclic) bond motifs is 1. The van der Waals surface area contributed by atoms with Crippen molar-refractivity contribution in [3.63, 3.8) is 0 Å². The van der Waals surface area contributed by atoms with Gasteiger partial charge in [0.25, 0.3) is 0 Å². The summed E-state index contributed by atoms with van der Waals surface area (Å²) in [7, 11) is 0. The smallest absolute Gasteiger partial charge is 0.155 e. The van der Waals surface area contributed by atoms with Crippen LogP contribution in [0.2, 0.25) is 0 Å². The highest BCUT2D eigenvalue weighted by atomic mass is 19.1. The molecule has 0 atom stereocenters. The zero-order chi connectivity index (χ0) is 13.2. The number of aryl methyl sites for hydroxylation is 1. The summed E-state index contributed by atoms with van der Waals surface area (Å²) in [5, 5.41) is 4.27. The van der Waals surface area contributed by atoms with E-state index >= 15 is 0 Å². The van der Waals surface area contributed by atoms with Crippen LogP contribution in [-0.2, 0) is 0 Å². The molecular weight excluding hydrogens is 241 g/mol. The van der Waals surface area contributed by atoms with E-state index in [2.05, 4.69) is 21.9 Å². The number of benzene rings is 1. The molecule has 3 rings (SSSR count). The Balaban J connectivity index is 1.97. The minimum absolute atomic E-state index is 0.289. The standard InChI is InChI=1S/C15H10FN3/c1-11-7-15-17-9-13(10-19(15)18-11)6-5-12-3-2-4-14(16)8-12/h2-4,7-10H,1H3. The average Bonchev–Trinajstić information content (AvgIpc) is 2.75. The largest absolute Gasteiger partial charge is 0.236 e. The summed E-state index contributed by atoms with van der Waals surface area (Å²) in [6.07, 6.45) is 3.49. The van der Waals surface area contributed by atoms with Gasteiger partial charge in [0.05, 0.1) is 11.3 Å². The van der Waals surface area contributed by atoms with Crippen LogP contribution in [-0.4, -0.2) is 14.6 Å². The average molecular weight is 251 g/mol. The maximum absolute atomic E-state index is 13.0. The van der Waals surface area contributed by atoms with Crippen molar-refractivity contribution < 1.29 is 4.39 Å². The molecule has 0 N–H and O–H groups in total. The van der Waals surface area contributed by atoms with Crippen molar-refractivity contribution in [1.82, 2.24) is 14.6 Å². The summed E-state index contributed by atoms with van der Waals surface area (Å²) in [5.41, 5.74) is 3.06. The molecule has 0 saturated heterocycles. The zero-order valence-electron chi connectivity index (χ0n) is 10.3. The summed E-state index contributed by atoms with van der Waals surface area (Å²) in [6, 6.07) is 8.09. The number of aromatic nitrogens is 3. The van der Waals surface area contributed by atoms with Gasteiger partial charge in [-0.2, -0.15) is 5.10 Å². The molecule has 3 nitrogen and oxygen atoms in total. The van der Waals surface area contributed by atoms with Gasteiger partial charge in [0.2, 0.25) is 0 Å². The molecule has 2 heterocycles. The van der Waals surface area contributed by atoms with E-state index in [1.54, 1.807) is 22.8 Å². The Labute approximate surface area is 109 Å². The van der Waals surface area contributed by atoms with Crippen molar-refractivity contribution in [3.8, 4) is 11.8 Å². The van der Waals surface area contributed by atoms with Gasteiger partial charge in [-0.3, -0.25) is 0 Å². The first-order chi connectivity index (χ1) is 9.20. The molecule has 0 bridgehead atoms. The molecule has 92 valence electrons. The lowest BCUT2D eigenvalue weighted by Crippen LogP contribution is -1.91. The van der Waals surface area contributed by atoms with Crippen molar-refractivity contribution in [2.75, 3.05) is 0 Å². The Morgan fingerprint density at radius 3 is 2.84 bits per heavy atom. The maximum atomic E-state index is 13.0. The van der Waals surface area contributed by atoms with Crippen molar-refractivity contribution in [2.45, 2.75) is 6.92 Å². The van der Waals surface area contributed by atoms with Gasteiger partial charge in [-0.1, -0.05) is 17.9 Å². The molecule has 0 amide bonds. The lowest BCUT2D eigenvalue weighted by Gasteiger charge is -1.93. The Morgan fingerprint density at radius 2 is 2.00 bits per heavy atom. The van der Waals surface area contributed by atoms with Crippen molar-refractivity contribution >= 4 is 5.65 Å². The van der Waals surface area contributed by atoms with Crippen LogP contribution in [0.3, 0.4) is 0 Å². The third kappa shape index (κ3) is 2.45. The maximum Gasteiger partial charge on any atom is 0.155 e. The molecule has 4 heteroatoms. The van der Waals surface area contributed by atoms with Crippen LogP contribution in [0.25, 0.3) is 5.65 Å². The number of nitrogens with zero attached hydrogens (tertiary/aromatic N) is 3. The summed E-state index contributed by atoms with van der Waals surface area (Å²) in [4.78, 5) is 4.26. The number of hydrogen-bond donors (Lipinski definition) is 0. The van der Waals surface area contributed by atoms with Crippen LogP contribution in [0.5, 0.6) is 0 Å². The molecule has 2 aromatic heterocycles. The van der Waals surface area contributed by atoms with E-state index in [0.717, 1.165) is 16.9 Å². The fraction of sp³-hybridized carbons (Fsp3) is 0.0667. The second-order valence-corrected chi connectivity index (χ2v) is 4.19. The van der Waals surface area contributed by atoms with Crippen LogP contribution < -0.4 is 0 Å². The van der Waals surface area contributed by atoms with Gasteiger partial charge in [-0.25, -0.2) is 13.9 Å². The van der Waals surface area contributed by atoms with Crippen LogP contribution in [0, 0.1) is 24.6 Å². The molecular formula is C15H10FN3. The quantitative estimate of drug-likeness (QED) is 0.575. The SMILES string of the molecule is Cc1cc2ncc(C#Cc3cccc(F)c3)cn2n1. The van der Waals surface area contributed by atoms with E-state index < -0.39 is 0 Å². The van der Waals surface area contributed by atoms with Crippen molar-refractivity contribution in [1.29, 1.82) is 0 Å². The normalized spacial score (nSPS) is 10.2. The lowest BCUT2D eigenvalue weighted by atomic mass is 10.2. The van der Waals surface area contributed by atoms with E-state index in [9.17, 15) is 4.39 Å². The van der Waals surface area contributed by atoms with Crippen LogP contribution >= 0.6 is 0 Å². The van der Waals surface area contributed by atoms with Crippen molar-refractivity contribution in [3.05, 3.63) is 65.4 Å². The molecule has 0 saturated carbocycles. The Kier molecular flexibility index (Phi) is 2.73. The first kappa shape index (κ1) is 11.4. The van der Waals surface area contributed by atoms with Crippen LogP contribution in [0.4, 0.5) is 4.39 Å². The Morgan fingerprint density at radius 1 is 1.16 bits per heavy atom. The first-order valence-electron chi connectivity index (χ1n) is 5.80. The van der Waals surface area contributed by atoms with Gasteiger partial charge < -0.3 is 0 Å². The molecule has 0 fully saturated rings. The number of hydrogen-bond acceptors (Lipinski definition) is 2. The van der Waals surface area contributed by atoms with Gasteiger partial charge in [0.1, 0.15) is 5.82 Å². The molecule has 0 radical (unpaired) electrons. The fourth-order valence-electron chi connectivity index (χ4n) is 1.77. The van der Waals surface area contributed by atoms with E-state index in [1.807, 2.05) is 19.2 Å². The Hall–Kier alpha value is -2.67. The second kappa shape index (κ2) is 4.54.